The van der Waals surface area contributed by atoms with E-state index in [0.29, 0.717) is 6.54 Å². The minimum absolute atomic E-state index is 0.0520. The number of amides is 1. The first-order chi connectivity index (χ1) is 6.43. The second kappa shape index (κ2) is 4.09. The largest absolute Gasteiger partial charge is 0.331 e. The Hall–Kier alpha value is -0.900. The van der Waals surface area contributed by atoms with E-state index >= 15 is 0 Å². The van der Waals surface area contributed by atoms with Gasteiger partial charge in [-0.15, -0.1) is 0 Å². The normalized spacial score (nSPS) is 29.0. The van der Waals surface area contributed by atoms with E-state index < -0.39 is 11.7 Å². The van der Waals surface area contributed by atoms with Gasteiger partial charge >= 0.3 is 0 Å². The molecule has 2 unspecified atom stereocenters. The van der Waals surface area contributed by atoms with Gasteiger partial charge in [-0.25, -0.2) is 4.39 Å². The zero-order valence-electron chi connectivity index (χ0n) is 8.96. The van der Waals surface area contributed by atoms with Crippen molar-refractivity contribution in [1.29, 1.82) is 0 Å². The highest BCUT2D eigenvalue weighted by Gasteiger charge is 2.30. The van der Waals surface area contributed by atoms with Crippen molar-refractivity contribution in [1.82, 2.24) is 9.80 Å². The highest BCUT2D eigenvalue weighted by atomic mass is 19.1. The minimum atomic E-state index is -0.867. The molecule has 2 atom stereocenters. The van der Waals surface area contributed by atoms with Crippen LogP contribution in [-0.4, -0.2) is 47.9 Å². The summed E-state index contributed by atoms with van der Waals surface area (Å²) >= 11 is 0. The average Bonchev–Trinajstić information content (AvgIpc) is 2.10. The topological polar surface area (TPSA) is 23.6 Å². The van der Waals surface area contributed by atoms with Gasteiger partial charge in [-0.3, -0.25) is 9.69 Å². The standard InChI is InChI=1S/C10H17FN2O/c1-7-6-13(10(14)9(3)11)8(2)5-12(7)4/h7-8H,3,5-6H2,1-2,4H3. The fraction of sp³-hybridized carbons (Fsp3) is 0.700. The van der Waals surface area contributed by atoms with Crippen LogP contribution in [-0.2, 0) is 4.79 Å². The number of likely N-dealkylation sites (N-methyl/N-ethyl adjacent to an activating group) is 1. The molecular weight excluding hydrogens is 183 g/mol. The molecule has 0 aromatic heterocycles. The molecule has 1 rings (SSSR count). The molecule has 1 aliphatic rings. The first-order valence-electron chi connectivity index (χ1n) is 4.79. The Kier molecular flexibility index (Phi) is 3.26. The summed E-state index contributed by atoms with van der Waals surface area (Å²) in [4.78, 5) is 15.1. The van der Waals surface area contributed by atoms with Crippen LogP contribution < -0.4 is 0 Å². The highest BCUT2D eigenvalue weighted by Crippen LogP contribution is 2.15. The van der Waals surface area contributed by atoms with Crippen molar-refractivity contribution in [3.05, 3.63) is 12.4 Å². The van der Waals surface area contributed by atoms with Crippen LogP contribution in [0.4, 0.5) is 4.39 Å². The predicted octanol–water partition coefficient (Wildman–Crippen LogP) is 1.02. The van der Waals surface area contributed by atoms with Crippen LogP contribution in [0.15, 0.2) is 12.4 Å². The number of piperazine rings is 1. The zero-order valence-corrected chi connectivity index (χ0v) is 8.96. The molecule has 0 saturated carbocycles. The Morgan fingerprint density at radius 3 is 2.43 bits per heavy atom. The third-order valence-electron chi connectivity index (χ3n) is 2.79. The van der Waals surface area contributed by atoms with Gasteiger partial charge in [0.1, 0.15) is 0 Å². The number of nitrogens with zero attached hydrogens (tertiary/aromatic N) is 2. The Balaban J connectivity index is 2.70. The molecule has 0 aromatic carbocycles. The van der Waals surface area contributed by atoms with E-state index in [4.69, 9.17) is 0 Å². The van der Waals surface area contributed by atoms with Crippen LogP contribution in [0.5, 0.6) is 0 Å². The van der Waals surface area contributed by atoms with Crippen LogP contribution in [0.25, 0.3) is 0 Å². The van der Waals surface area contributed by atoms with E-state index in [1.54, 1.807) is 4.90 Å². The molecular formula is C10H17FN2O. The van der Waals surface area contributed by atoms with Gasteiger partial charge in [0, 0.05) is 25.2 Å². The lowest BCUT2D eigenvalue weighted by atomic mass is 10.1. The van der Waals surface area contributed by atoms with Crippen molar-refractivity contribution < 1.29 is 9.18 Å². The maximum Gasteiger partial charge on any atom is 0.282 e. The average molecular weight is 200 g/mol. The Bertz CT molecular complexity index is 255. The highest BCUT2D eigenvalue weighted by molar-refractivity contribution is 5.90. The molecule has 80 valence electrons. The molecule has 1 amide bonds. The summed E-state index contributed by atoms with van der Waals surface area (Å²) in [5, 5.41) is 0. The quantitative estimate of drug-likeness (QED) is 0.590. The van der Waals surface area contributed by atoms with Crippen molar-refractivity contribution >= 4 is 5.91 Å². The van der Waals surface area contributed by atoms with Crippen molar-refractivity contribution in [2.45, 2.75) is 25.9 Å². The third kappa shape index (κ3) is 2.12. The van der Waals surface area contributed by atoms with Crippen molar-refractivity contribution in [3.63, 3.8) is 0 Å². The summed E-state index contributed by atoms with van der Waals surface area (Å²) in [6.07, 6.45) is 0. The number of hydrogen-bond acceptors (Lipinski definition) is 2. The Morgan fingerprint density at radius 2 is 1.93 bits per heavy atom. The van der Waals surface area contributed by atoms with Gasteiger partial charge in [0.25, 0.3) is 5.91 Å². The van der Waals surface area contributed by atoms with Crippen LogP contribution in [0, 0.1) is 0 Å². The maximum absolute atomic E-state index is 12.7. The SMILES string of the molecule is C=C(F)C(=O)N1CC(C)N(C)CC1C. The van der Waals surface area contributed by atoms with Gasteiger partial charge in [0.15, 0.2) is 5.83 Å². The van der Waals surface area contributed by atoms with Gasteiger partial charge in [-0.1, -0.05) is 6.58 Å². The van der Waals surface area contributed by atoms with Gasteiger partial charge in [0.2, 0.25) is 0 Å². The monoisotopic (exact) mass is 200 g/mol. The fourth-order valence-electron chi connectivity index (χ4n) is 1.74. The smallest absolute Gasteiger partial charge is 0.282 e. The number of halogens is 1. The van der Waals surface area contributed by atoms with E-state index in [9.17, 15) is 9.18 Å². The second-order valence-electron chi connectivity index (χ2n) is 4.00. The molecule has 0 radical (unpaired) electrons. The fourth-order valence-corrected chi connectivity index (χ4v) is 1.74. The van der Waals surface area contributed by atoms with E-state index in [0.717, 1.165) is 6.54 Å². The van der Waals surface area contributed by atoms with Crippen LogP contribution in [0.3, 0.4) is 0 Å². The molecule has 0 aromatic rings. The van der Waals surface area contributed by atoms with E-state index in [1.807, 2.05) is 20.9 Å². The molecule has 1 aliphatic heterocycles. The first-order valence-corrected chi connectivity index (χ1v) is 4.79. The molecule has 1 fully saturated rings. The summed E-state index contributed by atoms with van der Waals surface area (Å²) in [6.45, 7) is 8.32. The van der Waals surface area contributed by atoms with E-state index in [-0.39, 0.29) is 12.1 Å². The van der Waals surface area contributed by atoms with E-state index in [2.05, 4.69) is 11.5 Å². The lowest BCUT2D eigenvalue weighted by molar-refractivity contribution is -0.134. The summed E-state index contributed by atoms with van der Waals surface area (Å²) in [7, 11) is 2.01. The van der Waals surface area contributed by atoms with Gasteiger partial charge in [-0.05, 0) is 20.9 Å². The molecule has 4 heteroatoms. The molecule has 0 aliphatic carbocycles. The number of carbonyl (C=O) groups is 1. The summed E-state index contributed by atoms with van der Waals surface area (Å²) in [5.74, 6) is -1.44. The van der Waals surface area contributed by atoms with Crippen LogP contribution >= 0.6 is 0 Å². The molecule has 1 saturated heterocycles. The lowest BCUT2D eigenvalue weighted by Crippen LogP contribution is -2.56. The van der Waals surface area contributed by atoms with Crippen LogP contribution in [0.2, 0.25) is 0 Å². The molecule has 14 heavy (non-hydrogen) atoms. The van der Waals surface area contributed by atoms with Crippen molar-refractivity contribution in [2.24, 2.45) is 0 Å². The number of rotatable bonds is 1. The van der Waals surface area contributed by atoms with Crippen molar-refractivity contribution in [3.8, 4) is 0 Å². The molecule has 1 heterocycles. The lowest BCUT2D eigenvalue weighted by Gasteiger charge is -2.42. The summed E-state index contributed by atoms with van der Waals surface area (Å²) in [5.41, 5.74) is 0. The van der Waals surface area contributed by atoms with Gasteiger partial charge in [-0.2, -0.15) is 0 Å². The molecule has 0 spiro atoms. The van der Waals surface area contributed by atoms with Crippen molar-refractivity contribution in [2.75, 3.05) is 20.1 Å². The Morgan fingerprint density at radius 1 is 1.36 bits per heavy atom. The number of hydrogen-bond donors (Lipinski definition) is 0. The molecule has 3 nitrogen and oxygen atoms in total. The number of carbonyl (C=O) groups excluding carboxylic acids is 1. The van der Waals surface area contributed by atoms with E-state index in [1.165, 1.54) is 0 Å². The Labute approximate surface area is 84.2 Å². The van der Waals surface area contributed by atoms with Gasteiger partial charge < -0.3 is 4.90 Å². The van der Waals surface area contributed by atoms with Gasteiger partial charge in [0.05, 0.1) is 0 Å². The maximum atomic E-state index is 12.7. The first kappa shape index (κ1) is 11.2. The molecule has 0 bridgehead atoms. The summed E-state index contributed by atoms with van der Waals surface area (Å²) in [6, 6.07) is 0.325. The minimum Gasteiger partial charge on any atom is -0.331 e. The zero-order chi connectivity index (χ0) is 10.9. The molecule has 0 N–H and O–H groups in total. The van der Waals surface area contributed by atoms with Crippen LogP contribution in [0.1, 0.15) is 13.8 Å². The second-order valence-corrected chi connectivity index (χ2v) is 4.00. The summed E-state index contributed by atoms with van der Waals surface area (Å²) < 4.78 is 12.7. The predicted molar refractivity (Wildman–Crippen MR) is 53.5 cm³/mol. The third-order valence-corrected chi connectivity index (χ3v) is 2.79.